The van der Waals surface area contributed by atoms with Gasteiger partial charge in [-0.2, -0.15) is 0 Å². The van der Waals surface area contributed by atoms with E-state index in [1.165, 1.54) is 11.1 Å². The molecule has 2 fully saturated rings. The number of carbonyl (C=O) groups is 1. The first-order valence-corrected chi connectivity index (χ1v) is 14.0. The summed E-state index contributed by atoms with van der Waals surface area (Å²) < 4.78 is 13.7. The Kier molecular flexibility index (Phi) is 9.68. The number of piperidine rings is 1. The molecule has 1 unspecified atom stereocenters. The van der Waals surface area contributed by atoms with Crippen molar-refractivity contribution in [3.05, 3.63) is 69.2 Å². The molecule has 2 aromatic carbocycles. The Balaban J connectivity index is 1.35. The standard InChI is InChI=1S/C29H38Cl2FN3O/c1-2-20(18-34-12-11-26(32)19-34)15-23-17-25(31)7-8-27(23)22-9-13-35(14-10-22)29(36)28(33)16-21-3-5-24(30)6-4-21/h3-8,17,20,22,26,28H,2,9-16,18-19,33H2,1H3/t20?,26-,28-/m1/s1. The van der Waals surface area contributed by atoms with Crippen LogP contribution in [0, 0.1) is 5.92 Å². The molecule has 2 heterocycles. The molecule has 0 spiro atoms. The third-order valence-corrected chi connectivity index (χ3v) is 8.34. The van der Waals surface area contributed by atoms with Gasteiger partial charge in [0.1, 0.15) is 6.17 Å². The molecule has 1 amide bonds. The highest BCUT2D eigenvalue weighted by atomic mass is 35.5. The highest BCUT2D eigenvalue weighted by Gasteiger charge is 2.29. The average molecular weight is 535 g/mol. The Bertz CT molecular complexity index is 1010. The van der Waals surface area contributed by atoms with E-state index in [2.05, 4.69) is 24.0 Å². The lowest BCUT2D eigenvalue weighted by atomic mass is 9.83. The van der Waals surface area contributed by atoms with Gasteiger partial charge in [-0.05, 0) is 84.9 Å². The van der Waals surface area contributed by atoms with Crippen LogP contribution in [0.5, 0.6) is 0 Å². The van der Waals surface area contributed by atoms with Crippen molar-refractivity contribution in [3.63, 3.8) is 0 Å². The number of halogens is 3. The molecule has 2 saturated heterocycles. The predicted octanol–water partition coefficient (Wildman–Crippen LogP) is 5.88. The molecule has 0 radical (unpaired) electrons. The predicted molar refractivity (Wildman–Crippen MR) is 147 cm³/mol. The second kappa shape index (κ2) is 12.7. The van der Waals surface area contributed by atoms with Crippen molar-refractivity contribution in [2.45, 2.75) is 63.6 Å². The van der Waals surface area contributed by atoms with Gasteiger partial charge in [0.2, 0.25) is 5.91 Å². The number of rotatable bonds is 9. The number of hydrogen-bond acceptors (Lipinski definition) is 3. The fraction of sp³-hybridized carbons (Fsp3) is 0.552. The van der Waals surface area contributed by atoms with Crippen LogP contribution in [0.15, 0.2) is 42.5 Å². The zero-order valence-electron chi connectivity index (χ0n) is 21.1. The van der Waals surface area contributed by atoms with Crippen LogP contribution in [0.4, 0.5) is 4.39 Å². The Morgan fingerprint density at radius 2 is 1.72 bits per heavy atom. The fourth-order valence-electron chi connectivity index (χ4n) is 5.72. The van der Waals surface area contributed by atoms with E-state index in [0.29, 0.717) is 49.3 Å². The van der Waals surface area contributed by atoms with Crippen molar-refractivity contribution in [1.29, 1.82) is 0 Å². The Hall–Kier alpha value is -1.66. The smallest absolute Gasteiger partial charge is 0.239 e. The zero-order chi connectivity index (χ0) is 25.7. The number of amides is 1. The molecule has 36 heavy (non-hydrogen) atoms. The normalized spacial score (nSPS) is 21.0. The molecule has 4 rings (SSSR count). The van der Waals surface area contributed by atoms with Crippen LogP contribution in [0.1, 0.15) is 55.2 Å². The zero-order valence-corrected chi connectivity index (χ0v) is 22.7. The molecular formula is C29H38Cl2FN3O. The van der Waals surface area contributed by atoms with E-state index in [-0.39, 0.29) is 5.91 Å². The van der Waals surface area contributed by atoms with Gasteiger partial charge < -0.3 is 15.5 Å². The van der Waals surface area contributed by atoms with Crippen LogP contribution >= 0.6 is 23.2 Å². The first-order chi connectivity index (χ1) is 17.3. The second-order valence-electron chi connectivity index (χ2n) is 10.5. The number of carbonyl (C=O) groups excluding carboxylic acids is 1. The number of nitrogens with zero attached hydrogens (tertiary/aromatic N) is 2. The minimum absolute atomic E-state index is 0.0163. The van der Waals surface area contributed by atoms with Crippen LogP contribution in [0.3, 0.4) is 0 Å². The maximum absolute atomic E-state index is 13.7. The first kappa shape index (κ1) is 27.4. The SMILES string of the molecule is CCC(Cc1cc(Cl)ccc1C1CCN(C(=O)[C@H](N)Cc2ccc(Cl)cc2)CC1)CN1CC[C@@H](F)C1. The third kappa shape index (κ3) is 7.22. The largest absolute Gasteiger partial charge is 0.341 e. The molecule has 196 valence electrons. The monoisotopic (exact) mass is 533 g/mol. The minimum atomic E-state index is -0.684. The number of hydrogen-bond donors (Lipinski definition) is 1. The lowest BCUT2D eigenvalue weighted by Gasteiger charge is -2.35. The average Bonchev–Trinajstić information content (AvgIpc) is 3.29. The minimum Gasteiger partial charge on any atom is -0.341 e. The van der Waals surface area contributed by atoms with Crippen LogP contribution in [-0.4, -0.2) is 60.6 Å². The van der Waals surface area contributed by atoms with Gasteiger partial charge in [-0.3, -0.25) is 4.79 Å². The maximum atomic E-state index is 13.7. The van der Waals surface area contributed by atoms with Gasteiger partial charge in [0.05, 0.1) is 6.04 Å². The molecule has 2 aliphatic rings. The van der Waals surface area contributed by atoms with E-state index >= 15 is 0 Å². The van der Waals surface area contributed by atoms with Crippen LogP contribution in [0.25, 0.3) is 0 Å². The van der Waals surface area contributed by atoms with Gasteiger partial charge in [-0.1, -0.05) is 54.7 Å². The number of nitrogens with two attached hydrogens (primary N) is 1. The van der Waals surface area contributed by atoms with Crippen LogP contribution < -0.4 is 5.73 Å². The van der Waals surface area contributed by atoms with E-state index < -0.39 is 12.2 Å². The first-order valence-electron chi connectivity index (χ1n) is 13.3. The summed E-state index contributed by atoms with van der Waals surface area (Å²) in [5.74, 6) is 0.885. The van der Waals surface area contributed by atoms with E-state index in [1.807, 2.05) is 35.2 Å². The van der Waals surface area contributed by atoms with Gasteiger partial charge in [0, 0.05) is 42.8 Å². The van der Waals surface area contributed by atoms with Crippen molar-refractivity contribution in [2.24, 2.45) is 11.7 Å². The Morgan fingerprint density at radius 1 is 1.03 bits per heavy atom. The molecule has 0 aliphatic carbocycles. The van der Waals surface area contributed by atoms with Crippen molar-refractivity contribution in [2.75, 3.05) is 32.7 Å². The Labute approximate surface area is 224 Å². The van der Waals surface area contributed by atoms with E-state index in [9.17, 15) is 9.18 Å². The lowest BCUT2D eigenvalue weighted by Crippen LogP contribution is -2.47. The topological polar surface area (TPSA) is 49.6 Å². The quantitative estimate of drug-likeness (QED) is 0.437. The molecule has 0 aromatic heterocycles. The van der Waals surface area contributed by atoms with Crippen LogP contribution in [0.2, 0.25) is 10.0 Å². The second-order valence-corrected chi connectivity index (χ2v) is 11.4. The molecule has 0 saturated carbocycles. The van der Waals surface area contributed by atoms with Gasteiger partial charge in [0.15, 0.2) is 0 Å². The van der Waals surface area contributed by atoms with Gasteiger partial charge in [-0.25, -0.2) is 4.39 Å². The third-order valence-electron chi connectivity index (χ3n) is 7.85. The molecule has 0 bridgehead atoms. The summed E-state index contributed by atoms with van der Waals surface area (Å²) >= 11 is 12.4. The number of likely N-dealkylation sites (tertiary alicyclic amines) is 2. The van der Waals surface area contributed by atoms with Crippen molar-refractivity contribution >= 4 is 29.1 Å². The molecule has 3 atom stereocenters. The molecule has 2 N–H and O–H groups in total. The lowest BCUT2D eigenvalue weighted by molar-refractivity contribution is -0.133. The van der Waals surface area contributed by atoms with E-state index in [4.69, 9.17) is 28.9 Å². The summed E-state index contributed by atoms with van der Waals surface area (Å²) in [6, 6.07) is 13.2. The summed E-state index contributed by atoms with van der Waals surface area (Å²) in [6.45, 7) is 5.99. The van der Waals surface area contributed by atoms with Crippen LogP contribution in [-0.2, 0) is 17.6 Å². The molecule has 2 aliphatic heterocycles. The van der Waals surface area contributed by atoms with Gasteiger partial charge in [0.25, 0.3) is 0 Å². The Morgan fingerprint density at radius 3 is 2.36 bits per heavy atom. The maximum Gasteiger partial charge on any atom is 0.239 e. The number of alkyl halides is 1. The van der Waals surface area contributed by atoms with Crippen molar-refractivity contribution in [1.82, 2.24) is 9.80 Å². The summed E-state index contributed by atoms with van der Waals surface area (Å²) in [5.41, 5.74) is 9.95. The van der Waals surface area contributed by atoms with Crippen molar-refractivity contribution in [3.8, 4) is 0 Å². The molecule has 2 aromatic rings. The van der Waals surface area contributed by atoms with Gasteiger partial charge >= 0.3 is 0 Å². The fourth-order valence-corrected chi connectivity index (χ4v) is 6.04. The highest BCUT2D eigenvalue weighted by Crippen LogP contribution is 2.34. The van der Waals surface area contributed by atoms with E-state index in [1.54, 1.807) is 0 Å². The number of benzene rings is 2. The van der Waals surface area contributed by atoms with Crippen molar-refractivity contribution < 1.29 is 9.18 Å². The molecule has 4 nitrogen and oxygen atoms in total. The van der Waals surface area contributed by atoms with Gasteiger partial charge in [-0.15, -0.1) is 0 Å². The molecular weight excluding hydrogens is 496 g/mol. The summed E-state index contributed by atoms with van der Waals surface area (Å²) in [4.78, 5) is 17.2. The van der Waals surface area contributed by atoms with E-state index in [0.717, 1.165) is 49.4 Å². The summed E-state index contributed by atoms with van der Waals surface area (Å²) in [5, 5.41) is 1.44. The summed E-state index contributed by atoms with van der Waals surface area (Å²) in [6.07, 6.45) is 4.32. The highest BCUT2D eigenvalue weighted by molar-refractivity contribution is 6.30. The summed E-state index contributed by atoms with van der Waals surface area (Å²) in [7, 11) is 0. The molecule has 7 heteroatoms.